The summed E-state index contributed by atoms with van der Waals surface area (Å²) in [5.41, 5.74) is 2.29. The minimum atomic E-state index is -3.53. The Kier molecular flexibility index (Phi) is 14.4. The first kappa shape index (κ1) is 40.9. The van der Waals surface area contributed by atoms with Crippen molar-refractivity contribution in [2.24, 2.45) is 0 Å². The molecule has 13 nitrogen and oxygen atoms in total. The minimum Gasteiger partial charge on any atom is -0.478 e. The summed E-state index contributed by atoms with van der Waals surface area (Å²) in [4.78, 5) is 41.4. The van der Waals surface area contributed by atoms with Crippen LogP contribution in [0.5, 0.6) is 0 Å². The van der Waals surface area contributed by atoms with E-state index < -0.39 is 41.4 Å². The van der Waals surface area contributed by atoms with Crippen LogP contribution in [0.1, 0.15) is 43.0 Å². The van der Waals surface area contributed by atoms with Crippen LogP contribution in [0.25, 0.3) is 0 Å². The van der Waals surface area contributed by atoms with Crippen LogP contribution in [0.4, 0.5) is 0 Å². The van der Waals surface area contributed by atoms with Gasteiger partial charge in [-0.1, -0.05) is 23.2 Å². The summed E-state index contributed by atoms with van der Waals surface area (Å²) in [6.45, 7) is 3.92. The van der Waals surface area contributed by atoms with Crippen molar-refractivity contribution in [2.75, 3.05) is 12.5 Å². The number of carboxylic acid groups (broad SMARTS) is 1. The van der Waals surface area contributed by atoms with Gasteiger partial charge < -0.3 is 5.11 Å². The summed E-state index contributed by atoms with van der Waals surface area (Å²) in [5, 5.41) is 14.2. The molecule has 0 aliphatic heterocycles. The van der Waals surface area contributed by atoms with Crippen LogP contribution in [0.15, 0.2) is 58.8 Å². The van der Waals surface area contributed by atoms with Crippen molar-refractivity contribution in [1.82, 2.24) is 19.6 Å². The third-order valence-corrected chi connectivity index (χ3v) is 9.83. The number of benzene rings is 2. The van der Waals surface area contributed by atoms with Crippen molar-refractivity contribution >= 4 is 99.4 Å². The molecule has 4 rings (SSSR count). The molecule has 2 aromatic carbocycles. The van der Waals surface area contributed by atoms with E-state index in [9.17, 15) is 36.0 Å². The average molecular weight is 803 g/mol. The molecular weight excluding hydrogens is 778 g/mol. The number of rotatable bonds is 9. The molecule has 0 spiro atoms. The maximum Gasteiger partial charge on any atom is 0.337 e. The van der Waals surface area contributed by atoms with Gasteiger partial charge >= 0.3 is 16.5 Å². The molecule has 48 heavy (non-hydrogen) atoms. The third kappa shape index (κ3) is 11.4. The molecular formula is C28H25Cl5N4O9S2. The number of nitrogens with zero attached hydrogens (tertiary/aromatic N) is 4. The van der Waals surface area contributed by atoms with Crippen LogP contribution in [0.3, 0.4) is 0 Å². The van der Waals surface area contributed by atoms with E-state index in [4.69, 9.17) is 39.9 Å². The smallest absolute Gasteiger partial charge is 0.337 e. The molecule has 0 fully saturated rings. The molecule has 0 radical (unpaired) electrons. The maximum atomic E-state index is 11.9. The fourth-order valence-corrected chi connectivity index (χ4v) is 6.74. The van der Waals surface area contributed by atoms with E-state index in [-0.39, 0.29) is 49.6 Å². The highest BCUT2D eigenvalue weighted by Crippen LogP contribution is 2.30. The summed E-state index contributed by atoms with van der Waals surface area (Å²) in [6, 6.07) is 5.10. The number of carboxylic acids is 1. The normalized spacial score (nSPS) is 11.1. The summed E-state index contributed by atoms with van der Waals surface area (Å²) >= 11 is 26.7. The summed E-state index contributed by atoms with van der Waals surface area (Å²) < 4.78 is 50.5. The number of hydrogen-bond acceptors (Lipinski definition) is 10. The lowest BCUT2D eigenvalue weighted by Crippen LogP contribution is -2.11. The molecule has 20 heteroatoms. The summed E-state index contributed by atoms with van der Waals surface area (Å²) in [6.07, 6.45) is 8.86. The predicted octanol–water partition coefficient (Wildman–Crippen LogP) is 5.19. The maximum absolute atomic E-state index is 11.9. The van der Waals surface area contributed by atoms with Crippen LogP contribution < -0.4 is 0 Å². The van der Waals surface area contributed by atoms with Crippen LogP contribution in [0, 0.1) is 13.8 Å². The topological polar surface area (TPSA) is 192 Å². The Morgan fingerprint density at radius 1 is 0.688 bits per heavy atom. The first-order valence-electron chi connectivity index (χ1n) is 12.9. The largest absolute Gasteiger partial charge is 0.478 e. The fourth-order valence-electron chi connectivity index (χ4n) is 3.94. The van der Waals surface area contributed by atoms with Crippen molar-refractivity contribution in [3.8, 4) is 0 Å². The molecule has 0 aliphatic carbocycles. The Hall–Kier alpha value is -3.31. The highest BCUT2D eigenvalue weighted by molar-refractivity contribution is 7.91. The van der Waals surface area contributed by atoms with Gasteiger partial charge in [-0.2, -0.15) is 10.2 Å². The predicted molar refractivity (Wildman–Crippen MR) is 180 cm³/mol. The summed E-state index contributed by atoms with van der Waals surface area (Å²) in [7, 11) is -7.02. The van der Waals surface area contributed by atoms with Gasteiger partial charge in [-0.05, 0) is 84.0 Å². The first-order valence-corrected chi connectivity index (χ1v) is 18.5. The zero-order chi connectivity index (χ0) is 36.7. The van der Waals surface area contributed by atoms with Crippen molar-refractivity contribution in [1.29, 1.82) is 0 Å². The van der Waals surface area contributed by atoms with E-state index in [0.717, 1.165) is 23.6 Å². The second-order valence-electron chi connectivity index (χ2n) is 9.91. The molecule has 1 N–H and O–H groups in total. The molecule has 4 aromatic rings. The van der Waals surface area contributed by atoms with Crippen LogP contribution >= 0.6 is 58.0 Å². The van der Waals surface area contributed by atoms with Gasteiger partial charge in [0, 0.05) is 36.0 Å². The van der Waals surface area contributed by atoms with Crippen LogP contribution in [0.2, 0.25) is 10.0 Å². The van der Waals surface area contributed by atoms with Gasteiger partial charge in [-0.15, -0.1) is 0 Å². The second kappa shape index (κ2) is 16.9. The van der Waals surface area contributed by atoms with Gasteiger partial charge in [0.05, 0.1) is 56.4 Å². The number of aromatic carboxylic acids is 1. The quantitative estimate of drug-likeness (QED) is 0.173. The van der Waals surface area contributed by atoms with Gasteiger partial charge in [-0.25, -0.2) is 21.6 Å². The van der Waals surface area contributed by atoms with Crippen LogP contribution in [-0.2, 0) is 42.4 Å². The molecule has 0 amide bonds. The number of carbonyl (C=O) groups excluding carboxylic acids is 3. The van der Waals surface area contributed by atoms with E-state index in [2.05, 4.69) is 33.4 Å². The fraction of sp³-hybridized carbons (Fsp3) is 0.214. The molecule has 0 unspecified atom stereocenters. The number of aryl methyl sites for hydroxylation is 2. The number of sulfone groups is 2. The molecule has 0 saturated carbocycles. The standard InChI is InChI=1S/C13H12Cl2N2O3S.C13H13ClN2O4S.C2Cl2O2/c1-8-5-16-17(6-8)7-10-11(21(2,19)20)4-3-9(12(10)14)13(15)18;1-8-5-15-16(6-8)7-10-11(21(2,19)20)4-3-9(12(10)14)13(17)18;3-1(5)2(4)6/h3-6H,7H2,1-2H3;3-6H,7H2,1-2H3,(H,17,18);. The second-order valence-corrected chi connectivity index (χ2v) is 15.7. The van der Waals surface area contributed by atoms with Crippen molar-refractivity contribution in [3.63, 3.8) is 0 Å². The average Bonchev–Trinajstić information content (AvgIpc) is 3.56. The lowest BCUT2D eigenvalue weighted by molar-refractivity contribution is -0.127. The zero-order valence-electron chi connectivity index (χ0n) is 25.2. The number of carbonyl (C=O) groups is 4. The molecule has 0 atom stereocenters. The van der Waals surface area contributed by atoms with Gasteiger partial charge in [0.2, 0.25) is 0 Å². The van der Waals surface area contributed by atoms with Gasteiger partial charge in [0.1, 0.15) is 0 Å². The van der Waals surface area contributed by atoms with E-state index >= 15 is 0 Å². The van der Waals surface area contributed by atoms with E-state index in [1.54, 1.807) is 29.5 Å². The summed E-state index contributed by atoms with van der Waals surface area (Å²) in [5.74, 6) is -1.21. The van der Waals surface area contributed by atoms with Crippen molar-refractivity contribution in [3.05, 3.63) is 92.5 Å². The Balaban J connectivity index is 0.000000286. The van der Waals surface area contributed by atoms with E-state index in [1.807, 2.05) is 13.8 Å². The molecule has 2 heterocycles. The third-order valence-electron chi connectivity index (χ3n) is 5.96. The number of hydrogen-bond donors (Lipinski definition) is 1. The van der Waals surface area contributed by atoms with Crippen molar-refractivity contribution in [2.45, 2.75) is 36.7 Å². The van der Waals surface area contributed by atoms with Crippen molar-refractivity contribution < 1.29 is 41.1 Å². The lowest BCUT2D eigenvalue weighted by atomic mass is 10.1. The minimum absolute atomic E-state index is 0.00523. The molecule has 0 aliphatic rings. The highest BCUT2D eigenvalue weighted by atomic mass is 35.5. The van der Waals surface area contributed by atoms with Gasteiger partial charge in [0.15, 0.2) is 19.7 Å². The first-order chi connectivity index (χ1) is 22.0. The van der Waals surface area contributed by atoms with Crippen LogP contribution in [-0.4, -0.2) is 75.7 Å². The molecule has 0 saturated heterocycles. The Labute approximate surface area is 300 Å². The highest BCUT2D eigenvalue weighted by Gasteiger charge is 2.23. The van der Waals surface area contributed by atoms with Gasteiger partial charge in [-0.3, -0.25) is 23.7 Å². The van der Waals surface area contributed by atoms with E-state index in [1.165, 1.54) is 28.9 Å². The molecule has 2 aromatic heterocycles. The Bertz CT molecular complexity index is 1960. The monoisotopic (exact) mass is 800 g/mol. The number of halogens is 5. The SMILES string of the molecule is Cc1cnn(Cc2c(S(C)(=O)=O)ccc(C(=O)Cl)c2Cl)c1.Cc1cnn(Cc2c(S(C)(=O)=O)ccc(C(=O)O)c2Cl)c1.O=C(Cl)C(=O)Cl. The Morgan fingerprint density at radius 2 is 1.04 bits per heavy atom. The molecule has 0 bridgehead atoms. The van der Waals surface area contributed by atoms with E-state index in [0.29, 0.717) is 5.56 Å². The zero-order valence-corrected chi connectivity index (χ0v) is 30.7. The Morgan fingerprint density at radius 3 is 1.31 bits per heavy atom. The molecule has 258 valence electrons. The lowest BCUT2D eigenvalue weighted by Gasteiger charge is -2.12. The van der Waals surface area contributed by atoms with Gasteiger partial charge in [0.25, 0.3) is 5.24 Å². The number of aromatic nitrogens is 4.